The minimum Gasteiger partial charge on any atom is -0.334 e. The lowest BCUT2D eigenvalue weighted by molar-refractivity contribution is -0.140. The highest BCUT2D eigenvalue weighted by atomic mass is 16.2. The number of amides is 2. The average molecular weight is 336 g/mol. The van der Waals surface area contributed by atoms with E-state index in [0.717, 1.165) is 18.5 Å². The fraction of sp³-hybridized carbons (Fsp3) is 0.368. The Morgan fingerprint density at radius 1 is 1.04 bits per heavy atom. The van der Waals surface area contributed by atoms with Gasteiger partial charge in [-0.1, -0.05) is 12.1 Å². The van der Waals surface area contributed by atoms with Crippen LogP contribution in [0.2, 0.25) is 0 Å². The van der Waals surface area contributed by atoms with Crippen molar-refractivity contribution < 1.29 is 9.59 Å². The molecule has 0 radical (unpaired) electrons. The lowest BCUT2D eigenvalue weighted by atomic mass is 9.94. The van der Waals surface area contributed by atoms with Crippen LogP contribution in [0, 0.1) is 5.92 Å². The Labute approximate surface area is 146 Å². The minimum atomic E-state index is -0.130. The molecule has 3 aliphatic heterocycles. The normalized spacial score (nSPS) is 22.8. The minimum absolute atomic E-state index is 0.0425. The van der Waals surface area contributed by atoms with Crippen molar-refractivity contribution in [3.8, 4) is 0 Å². The molecule has 6 heteroatoms. The monoisotopic (exact) mass is 336 g/mol. The second-order valence-electron chi connectivity index (χ2n) is 6.64. The average Bonchev–Trinajstić information content (AvgIpc) is 2.95. The van der Waals surface area contributed by atoms with E-state index in [9.17, 15) is 9.59 Å². The zero-order chi connectivity index (χ0) is 17.2. The van der Waals surface area contributed by atoms with E-state index < -0.39 is 0 Å². The summed E-state index contributed by atoms with van der Waals surface area (Å²) in [5.41, 5.74) is 1.32. The van der Waals surface area contributed by atoms with Gasteiger partial charge in [-0.15, -0.1) is 0 Å². The number of hydrogen-bond acceptors (Lipinski definition) is 4. The van der Waals surface area contributed by atoms with Crippen molar-refractivity contribution in [2.75, 3.05) is 13.1 Å². The maximum absolute atomic E-state index is 12.9. The van der Waals surface area contributed by atoms with Gasteiger partial charge in [0.2, 0.25) is 5.91 Å². The molecular weight excluding hydrogens is 316 g/mol. The quantitative estimate of drug-likeness (QED) is 0.856. The molecule has 2 aromatic heterocycles. The van der Waals surface area contributed by atoms with Crippen LogP contribution in [-0.4, -0.2) is 50.7 Å². The highest BCUT2D eigenvalue weighted by Crippen LogP contribution is 2.30. The zero-order valence-corrected chi connectivity index (χ0v) is 13.9. The van der Waals surface area contributed by atoms with Crippen molar-refractivity contribution in [3.63, 3.8) is 0 Å². The lowest BCUT2D eigenvalue weighted by Gasteiger charge is -2.35. The van der Waals surface area contributed by atoms with E-state index in [2.05, 4.69) is 9.97 Å². The van der Waals surface area contributed by atoms with Gasteiger partial charge in [-0.25, -0.2) is 0 Å². The molecule has 3 aliphatic rings. The van der Waals surface area contributed by atoms with Crippen LogP contribution >= 0.6 is 0 Å². The van der Waals surface area contributed by atoms with Crippen molar-refractivity contribution in [1.82, 2.24) is 19.8 Å². The van der Waals surface area contributed by atoms with E-state index >= 15 is 0 Å². The van der Waals surface area contributed by atoms with Crippen LogP contribution in [0.3, 0.4) is 0 Å². The maximum Gasteiger partial charge on any atom is 0.272 e. The maximum atomic E-state index is 12.9. The van der Waals surface area contributed by atoms with Gasteiger partial charge in [-0.05, 0) is 37.1 Å². The van der Waals surface area contributed by atoms with Crippen LogP contribution in [-0.2, 0) is 11.3 Å². The van der Waals surface area contributed by atoms with Gasteiger partial charge in [0, 0.05) is 31.5 Å². The van der Waals surface area contributed by atoms with Crippen LogP contribution in [0.25, 0.3) is 0 Å². The van der Waals surface area contributed by atoms with Crippen LogP contribution < -0.4 is 0 Å². The van der Waals surface area contributed by atoms with Crippen molar-refractivity contribution in [1.29, 1.82) is 0 Å². The predicted molar refractivity (Wildman–Crippen MR) is 91.4 cm³/mol. The summed E-state index contributed by atoms with van der Waals surface area (Å²) < 4.78 is 0. The zero-order valence-electron chi connectivity index (χ0n) is 13.9. The summed E-state index contributed by atoms with van der Waals surface area (Å²) in [6, 6.07) is 11.1. The number of fused-ring (bicyclic) bond motifs is 4. The number of carbonyl (C=O) groups is 2. The number of piperidine rings is 1. The first-order chi connectivity index (χ1) is 12.2. The fourth-order valence-electron chi connectivity index (χ4n) is 3.73. The Morgan fingerprint density at radius 3 is 2.56 bits per heavy atom. The molecule has 2 atom stereocenters. The Hall–Kier alpha value is -2.76. The molecule has 128 valence electrons. The largest absolute Gasteiger partial charge is 0.334 e. The topological polar surface area (TPSA) is 66.4 Å². The van der Waals surface area contributed by atoms with Crippen LogP contribution in [0.15, 0.2) is 48.8 Å². The van der Waals surface area contributed by atoms with Gasteiger partial charge in [-0.3, -0.25) is 19.6 Å². The summed E-state index contributed by atoms with van der Waals surface area (Å²) in [6.45, 7) is 1.54. The highest BCUT2D eigenvalue weighted by molar-refractivity contribution is 5.93. The molecule has 2 amide bonds. The van der Waals surface area contributed by atoms with E-state index in [0.29, 0.717) is 25.3 Å². The first-order valence-electron chi connectivity index (χ1n) is 8.63. The van der Waals surface area contributed by atoms with Crippen LogP contribution in [0.5, 0.6) is 0 Å². The van der Waals surface area contributed by atoms with E-state index in [-0.39, 0.29) is 23.8 Å². The molecule has 3 fully saturated rings. The lowest BCUT2D eigenvalue weighted by Crippen LogP contribution is -2.47. The van der Waals surface area contributed by atoms with Crippen LogP contribution in [0.4, 0.5) is 0 Å². The molecule has 2 bridgehead atoms. The third kappa shape index (κ3) is 3.12. The van der Waals surface area contributed by atoms with Gasteiger partial charge in [-0.2, -0.15) is 0 Å². The summed E-state index contributed by atoms with van der Waals surface area (Å²) in [7, 11) is 0. The Balaban J connectivity index is 1.55. The van der Waals surface area contributed by atoms with Gasteiger partial charge < -0.3 is 9.80 Å². The van der Waals surface area contributed by atoms with Gasteiger partial charge in [0.25, 0.3) is 5.91 Å². The van der Waals surface area contributed by atoms with E-state index in [4.69, 9.17) is 0 Å². The van der Waals surface area contributed by atoms with Crippen molar-refractivity contribution in [2.24, 2.45) is 5.92 Å². The summed E-state index contributed by atoms with van der Waals surface area (Å²) in [4.78, 5) is 37.8. The molecule has 2 unspecified atom stereocenters. The number of rotatable bonds is 3. The number of nitrogens with zero attached hydrogens (tertiary/aromatic N) is 4. The Kier molecular flexibility index (Phi) is 4.17. The van der Waals surface area contributed by atoms with Crippen molar-refractivity contribution in [2.45, 2.75) is 25.4 Å². The molecule has 2 aromatic rings. The molecule has 5 rings (SSSR count). The van der Waals surface area contributed by atoms with Crippen molar-refractivity contribution in [3.05, 3.63) is 60.2 Å². The molecule has 0 spiro atoms. The molecule has 0 aliphatic carbocycles. The summed E-state index contributed by atoms with van der Waals surface area (Å²) >= 11 is 0. The SMILES string of the molecule is O=C(c1ccccn1)N1CC2CCC(C1)N(Cc1ccccn1)C2=O. The number of hydrogen-bond donors (Lipinski definition) is 0. The smallest absolute Gasteiger partial charge is 0.272 e. The van der Waals surface area contributed by atoms with Gasteiger partial charge in [0.1, 0.15) is 5.69 Å². The van der Waals surface area contributed by atoms with Crippen molar-refractivity contribution >= 4 is 11.8 Å². The molecule has 6 nitrogen and oxygen atoms in total. The molecule has 3 saturated heterocycles. The molecule has 0 N–H and O–H groups in total. The van der Waals surface area contributed by atoms with Gasteiger partial charge in [0.15, 0.2) is 0 Å². The second kappa shape index (κ2) is 6.63. The molecule has 0 aromatic carbocycles. The van der Waals surface area contributed by atoms with Gasteiger partial charge in [0.05, 0.1) is 18.2 Å². The van der Waals surface area contributed by atoms with Gasteiger partial charge >= 0.3 is 0 Å². The predicted octanol–water partition coefficient (Wildman–Crippen LogP) is 1.74. The summed E-state index contributed by atoms with van der Waals surface area (Å²) in [5.74, 6) is -0.0849. The number of carbonyl (C=O) groups excluding carboxylic acids is 2. The molecular formula is C19H20N4O2. The first kappa shape index (κ1) is 15.7. The third-order valence-corrected chi connectivity index (χ3v) is 5.02. The van der Waals surface area contributed by atoms with E-state index in [1.165, 1.54) is 0 Å². The molecule has 25 heavy (non-hydrogen) atoms. The first-order valence-corrected chi connectivity index (χ1v) is 8.63. The van der Waals surface area contributed by atoms with E-state index in [1.807, 2.05) is 29.2 Å². The summed E-state index contributed by atoms with van der Waals surface area (Å²) in [5, 5.41) is 0. The standard InChI is InChI=1S/C19H20N4O2/c24-18-14-7-8-16(23(18)12-15-5-1-3-9-20-15)13-22(11-14)19(25)17-6-2-4-10-21-17/h1-6,9-10,14,16H,7-8,11-13H2. The van der Waals surface area contributed by atoms with Crippen LogP contribution in [0.1, 0.15) is 29.0 Å². The summed E-state index contributed by atoms with van der Waals surface area (Å²) in [6.07, 6.45) is 5.13. The molecule has 5 heterocycles. The highest BCUT2D eigenvalue weighted by Gasteiger charge is 2.42. The van der Waals surface area contributed by atoms with E-state index in [1.54, 1.807) is 29.4 Å². The third-order valence-electron chi connectivity index (χ3n) is 5.02. The number of pyridine rings is 2. The Bertz CT molecular complexity index is 766. The number of aromatic nitrogens is 2. The second-order valence-corrected chi connectivity index (χ2v) is 6.64. The fourth-order valence-corrected chi connectivity index (χ4v) is 3.73. The Morgan fingerprint density at radius 2 is 1.84 bits per heavy atom. The molecule has 0 saturated carbocycles.